The zero-order valence-electron chi connectivity index (χ0n) is 20.9. The fourth-order valence-corrected chi connectivity index (χ4v) is 3.93. The van der Waals surface area contributed by atoms with Crippen LogP contribution in [0.25, 0.3) is 0 Å². The fourth-order valence-electron chi connectivity index (χ4n) is 3.93. The average molecular weight is 525 g/mol. The summed E-state index contributed by atoms with van der Waals surface area (Å²) in [5.41, 5.74) is 1.50. The van der Waals surface area contributed by atoms with Crippen molar-refractivity contribution in [2.75, 3.05) is 39.5 Å². The van der Waals surface area contributed by atoms with Crippen molar-refractivity contribution in [3.63, 3.8) is 0 Å². The van der Waals surface area contributed by atoms with Gasteiger partial charge >= 0.3 is 0 Å². The molecule has 0 unspecified atom stereocenters. The Hall–Kier alpha value is -3.66. The van der Waals surface area contributed by atoms with Gasteiger partial charge in [0.25, 0.3) is 0 Å². The number of ketones is 1. The topological polar surface area (TPSA) is 77.1 Å². The molecule has 200 valence electrons. The van der Waals surface area contributed by atoms with Crippen LogP contribution >= 0.6 is 0 Å². The second kappa shape index (κ2) is 13.8. The molecule has 0 radical (unpaired) electrons. The Morgan fingerprint density at radius 3 is 2.03 bits per heavy atom. The Kier molecular flexibility index (Phi) is 9.91. The lowest BCUT2D eigenvalue weighted by molar-refractivity contribution is -0.130. The molecule has 1 atom stereocenters. The molecule has 3 aromatic rings. The van der Waals surface area contributed by atoms with Gasteiger partial charge < -0.3 is 19.5 Å². The first-order valence-corrected chi connectivity index (χ1v) is 12.4. The first-order valence-electron chi connectivity index (χ1n) is 12.4. The van der Waals surface area contributed by atoms with E-state index in [4.69, 9.17) is 14.2 Å². The van der Waals surface area contributed by atoms with Crippen LogP contribution in [0.1, 0.15) is 11.1 Å². The highest BCUT2D eigenvalue weighted by atomic mass is 19.1. The van der Waals surface area contributed by atoms with Gasteiger partial charge in [-0.3, -0.25) is 14.5 Å². The highest BCUT2D eigenvalue weighted by molar-refractivity contribution is 5.91. The maximum atomic E-state index is 13.2. The molecule has 4 rings (SSSR count). The second-order valence-corrected chi connectivity index (χ2v) is 8.99. The first kappa shape index (κ1) is 27.4. The molecule has 1 aliphatic rings. The number of amides is 1. The normalized spacial score (nSPS) is 14.6. The number of ether oxygens (including phenoxy) is 3. The molecule has 0 bridgehead atoms. The van der Waals surface area contributed by atoms with Crippen LogP contribution in [-0.2, 0) is 32.1 Å². The van der Waals surface area contributed by atoms with Crippen molar-refractivity contribution in [1.82, 2.24) is 10.2 Å². The van der Waals surface area contributed by atoms with Crippen LogP contribution < -0.4 is 10.1 Å². The van der Waals surface area contributed by atoms with E-state index in [0.29, 0.717) is 37.8 Å². The Labute approximate surface area is 220 Å². The van der Waals surface area contributed by atoms with Crippen molar-refractivity contribution >= 4 is 11.7 Å². The molecule has 1 amide bonds. The van der Waals surface area contributed by atoms with Gasteiger partial charge in [0, 0.05) is 19.5 Å². The summed E-state index contributed by atoms with van der Waals surface area (Å²) in [5, 5.41) is 2.82. The van der Waals surface area contributed by atoms with Crippen molar-refractivity contribution in [1.29, 1.82) is 0 Å². The van der Waals surface area contributed by atoms with Gasteiger partial charge in [0.2, 0.25) is 5.91 Å². The summed E-state index contributed by atoms with van der Waals surface area (Å²) in [4.78, 5) is 27.9. The number of benzene rings is 3. The predicted octanol–water partition coefficient (Wildman–Crippen LogP) is 3.90. The average Bonchev–Trinajstić information content (AvgIpc) is 2.92. The molecule has 1 fully saturated rings. The molecule has 0 aromatic heterocycles. The third-order valence-corrected chi connectivity index (χ3v) is 6.01. The van der Waals surface area contributed by atoms with Crippen molar-refractivity contribution in [2.24, 2.45) is 0 Å². The van der Waals surface area contributed by atoms with Crippen molar-refractivity contribution < 1.29 is 32.6 Å². The lowest BCUT2D eigenvalue weighted by Gasteiger charge is -2.27. The summed E-state index contributed by atoms with van der Waals surface area (Å²) in [6.45, 7) is 2.77. The van der Waals surface area contributed by atoms with Crippen LogP contribution in [0.15, 0.2) is 72.8 Å². The van der Waals surface area contributed by atoms with Gasteiger partial charge in [-0.05, 0) is 59.7 Å². The van der Waals surface area contributed by atoms with Crippen LogP contribution in [0.4, 0.5) is 8.78 Å². The summed E-state index contributed by atoms with van der Waals surface area (Å²) in [6.07, 6.45) is 0.0826. The molecule has 0 aliphatic carbocycles. The molecule has 0 saturated carbocycles. The van der Waals surface area contributed by atoms with Crippen LogP contribution in [0, 0.1) is 11.6 Å². The minimum Gasteiger partial charge on any atom is -0.457 e. The SMILES string of the molecule is O=C(CN1CCOCC1)N[C@@H](COCc1ccc(F)cc1)C(=O)Cc1ccc(Oc2ccc(F)cc2)cc1. The van der Waals surface area contributed by atoms with Gasteiger partial charge in [0.05, 0.1) is 33.0 Å². The van der Waals surface area contributed by atoms with Gasteiger partial charge in [0.1, 0.15) is 29.2 Å². The lowest BCUT2D eigenvalue weighted by Crippen LogP contribution is -2.50. The van der Waals surface area contributed by atoms with Gasteiger partial charge in [-0.15, -0.1) is 0 Å². The fraction of sp³-hybridized carbons (Fsp3) is 0.310. The Morgan fingerprint density at radius 2 is 1.39 bits per heavy atom. The number of Topliss-reactive ketones (excluding diaryl/α,β-unsaturated/α-hetero) is 1. The third-order valence-electron chi connectivity index (χ3n) is 6.01. The Morgan fingerprint density at radius 1 is 0.842 bits per heavy atom. The number of hydrogen-bond donors (Lipinski definition) is 1. The minimum absolute atomic E-state index is 0.0170. The van der Waals surface area contributed by atoms with E-state index < -0.39 is 6.04 Å². The standard InChI is InChI=1S/C29H30F2N2O5/c30-23-5-1-22(2-6-23)19-37-20-27(32-29(35)18-33-13-15-36-16-14-33)28(34)17-21-3-9-25(10-4-21)38-26-11-7-24(31)8-12-26/h1-12,27H,13-20H2,(H,32,35)/t27-/m0/s1. The number of rotatable bonds is 12. The van der Waals surface area contributed by atoms with Crippen molar-refractivity contribution in [3.8, 4) is 11.5 Å². The van der Waals surface area contributed by atoms with E-state index in [1.54, 1.807) is 36.4 Å². The molecule has 9 heteroatoms. The number of nitrogens with one attached hydrogen (secondary N) is 1. The number of hydrogen-bond acceptors (Lipinski definition) is 6. The highest BCUT2D eigenvalue weighted by Crippen LogP contribution is 2.22. The second-order valence-electron chi connectivity index (χ2n) is 8.99. The molecule has 3 aromatic carbocycles. The lowest BCUT2D eigenvalue weighted by atomic mass is 10.0. The van der Waals surface area contributed by atoms with Gasteiger partial charge in [-0.2, -0.15) is 0 Å². The van der Waals surface area contributed by atoms with Crippen LogP contribution in [-0.4, -0.2) is 62.1 Å². The van der Waals surface area contributed by atoms with E-state index in [1.807, 2.05) is 4.90 Å². The smallest absolute Gasteiger partial charge is 0.234 e. The quantitative estimate of drug-likeness (QED) is 0.387. The number of morpholine rings is 1. The molecule has 1 saturated heterocycles. The Bertz CT molecular complexity index is 1180. The molecule has 0 spiro atoms. The number of nitrogens with zero attached hydrogens (tertiary/aromatic N) is 1. The first-order chi connectivity index (χ1) is 18.4. The van der Waals surface area contributed by atoms with E-state index >= 15 is 0 Å². The molecule has 38 heavy (non-hydrogen) atoms. The van der Waals surface area contributed by atoms with Crippen LogP contribution in [0.2, 0.25) is 0 Å². The van der Waals surface area contributed by atoms with Crippen molar-refractivity contribution in [2.45, 2.75) is 19.1 Å². The Balaban J connectivity index is 1.35. The molecule has 1 N–H and O–H groups in total. The van der Waals surface area contributed by atoms with E-state index in [2.05, 4.69) is 5.32 Å². The van der Waals surface area contributed by atoms with Crippen LogP contribution in [0.3, 0.4) is 0 Å². The predicted molar refractivity (Wildman–Crippen MR) is 137 cm³/mol. The third kappa shape index (κ3) is 8.72. The number of halogens is 2. The van der Waals surface area contributed by atoms with E-state index in [1.165, 1.54) is 36.4 Å². The maximum absolute atomic E-state index is 13.2. The molecular weight excluding hydrogens is 494 g/mol. The van der Waals surface area contributed by atoms with E-state index in [-0.39, 0.29) is 49.5 Å². The van der Waals surface area contributed by atoms with Gasteiger partial charge in [-0.25, -0.2) is 8.78 Å². The summed E-state index contributed by atoms with van der Waals surface area (Å²) in [7, 11) is 0. The van der Waals surface area contributed by atoms with Crippen LogP contribution in [0.5, 0.6) is 11.5 Å². The molecule has 7 nitrogen and oxygen atoms in total. The summed E-state index contributed by atoms with van der Waals surface area (Å²) in [5.74, 6) is -0.113. The monoisotopic (exact) mass is 524 g/mol. The molecular formula is C29H30F2N2O5. The number of carbonyl (C=O) groups is 2. The maximum Gasteiger partial charge on any atom is 0.234 e. The van der Waals surface area contributed by atoms with Gasteiger partial charge in [-0.1, -0.05) is 24.3 Å². The zero-order valence-corrected chi connectivity index (χ0v) is 20.9. The highest BCUT2D eigenvalue weighted by Gasteiger charge is 2.23. The summed E-state index contributed by atoms with van der Waals surface area (Å²) in [6, 6.07) is 17.7. The van der Waals surface area contributed by atoms with E-state index in [0.717, 1.165) is 11.1 Å². The van der Waals surface area contributed by atoms with Gasteiger partial charge in [0.15, 0.2) is 5.78 Å². The minimum atomic E-state index is -0.848. The summed E-state index contributed by atoms with van der Waals surface area (Å²) >= 11 is 0. The number of carbonyl (C=O) groups excluding carboxylic acids is 2. The molecule has 1 heterocycles. The van der Waals surface area contributed by atoms with E-state index in [9.17, 15) is 18.4 Å². The zero-order chi connectivity index (χ0) is 26.7. The molecule has 1 aliphatic heterocycles. The largest absolute Gasteiger partial charge is 0.457 e. The summed E-state index contributed by atoms with van der Waals surface area (Å²) < 4.78 is 43.0. The van der Waals surface area contributed by atoms with Crippen molar-refractivity contribution in [3.05, 3.63) is 95.6 Å².